The maximum atomic E-state index is 13.1. The van der Waals surface area contributed by atoms with E-state index >= 15 is 0 Å². The average molecular weight is 476 g/mol. The monoisotopic (exact) mass is 475 g/mol. The van der Waals surface area contributed by atoms with Crippen LogP contribution in [0.15, 0.2) is 42.5 Å². The van der Waals surface area contributed by atoms with E-state index in [0.717, 1.165) is 50.5 Å². The van der Waals surface area contributed by atoms with Crippen LogP contribution in [0.25, 0.3) is 0 Å². The number of carbonyl (C=O) groups excluding carboxylic acids is 2. The van der Waals surface area contributed by atoms with Gasteiger partial charge < -0.3 is 4.74 Å². The summed E-state index contributed by atoms with van der Waals surface area (Å²) in [4.78, 5) is 31.5. The normalized spacial score (nSPS) is 20.2. The molecule has 4 rings (SSSR count). The Hall–Kier alpha value is -2.12. The Morgan fingerprint density at radius 1 is 1.00 bits per heavy atom. The third kappa shape index (κ3) is 5.09. The Balaban J connectivity index is 1.35. The maximum Gasteiger partial charge on any atom is 0.251 e. The van der Waals surface area contributed by atoms with Gasteiger partial charge >= 0.3 is 0 Å². The maximum absolute atomic E-state index is 13.1. The standard InChI is InChI=1S/C24H27Cl2N3O3/c1-2-13-32-20-7-5-19(6-8-20)29-23(30)15-22(24(29)31)28-11-9-27(10-12-28)16-17-3-4-18(25)14-21(17)26/h3-8,14,22H,2,9-13,15-16H2,1H3/t22-/m1/s1. The third-order valence-corrected chi connectivity index (χ3v) is 6.53. The van der Waals surface area contributed by atoms with Crippen molar-refractivity contribution in [1.82, 2.24) is 9.80 Å². The highest BCUT2D eigenvalue weighted by atomic mass is 35.5. The fourth-order valence-corrected chi connectivity index (χ4v) is 4.68. The molecule has 1 atom stereocenters. The van der Waals surface area contributed by atoms with Crippen LogP contribution in [0, 0.1) is 0 Å². The number of amides is 2. The molecule has 0 aliphatic carbocycles. The highest BCUT2D eigenvalue weighted by molar-refractivity contribution is 6.35. The second-order valence-corrected chi connectivity index (χ2v) is 9.02. The molecule has 32 heavy (non-hydrogen) atoms. The molecule has 0 aromatic heterocycles. The van der Waals surface area contributed by atoms with Crippen molar-refractivity contribution in [2.24, 2.45) is 0 Å². The van der Waals surface area contributed by atoms with Crippen molar-refractivity contribution in [2.45, 2.75) is 32.4 Å². The van der Waals surface area contributed by atoms with Gasteiger partial charge in [0.05, 0.1) is 24.8 Å². The van der Waals surface area contributed by atoms with Gasteiger partial charge in [-0.2, -0.15) is 0 Å². The average Bonchev–Trinajstić information content (AvgIpc) is 3.09. The number of hydrogen-bond donors (Lipinski definition) is 0. The number of piperazine rings is 1. The number of halogens is 2. The number of ether oxygens (including phenoxy) is 1. The van der Waals surface area contributed by atoms with E-state index in [1.165, 1.54) is 4.90 Å². The first kappa shape index (κ1) is 23.1. The molecule has 2 fully saturated rings. The van der Waals surface area contributed by atoms with Crippen LogP contribution in [0.2, 0.25) is 10.0 Å². The van der Waals surface area contributed by atoms with Gasteiger partial charge in [0.2, 0.25) is 5.91 Å². The quantitative estimate of drug-likeness (QED) is 0.560. The lowest BCUT2D eigenvalue weighted by Gasteiger charge is -2.37. The van der Waals surface area contributed by atoms with Crippen LogP contribution < -0.4 is 9.64 Å². The number of rotatable bonds is 7. The zero-order valence-electron chi connectivity index (χ0n) is 18.1. The minimum absolute atomic E-state index is 0.147. The second kappa shape index (κ2) is 10.2. The molecule has 2 aromatic rings. The summed E-state index contributed by atoms with van der Waals surface area (Å²) >= 11 is 12.3. The number of nitrogens with zero attached hydrogens (tertiary/aromatic N) is 3. The number of anilines is 1. The van der Waals surface area contributed by atoms with Crippen LogP contribution in [-0.2, 0) is 16.1 Å². The molecule has 2 heterocycles. The molecule has 170 valence electrons. The van der Waals surface area contributed by atoms with Crippen molar-refractivity contribution in [1.29, 1.82) is 0 Å². The molecule has 6 nitrogen and oxygen atoms in total. The van der Waals surface area contributed by atoms with E-state index in [-0.39, 0.29) is 18.2 Å². The highest BCUT2D eigenvalue weighted by Gasteiger charge is 2.43. The molecule has 2 aromatic carbocycles. The lowest BCUT2D eigenvalue weighted by molar-refractivity contribution is -0.123. The second-order valence-electron chi connectivity index (χ2n) is 8.18. The van der Waals surface area contributed by atoms with Gasteiger partial charge in [0.25, 0.3) is 5.91 Å². The van der Waals surface area contributed by atoms with E-state index in [2.05, 4.69) is 9.80 Å². The topological polar surface area (TPSA) is 53.1 Å². The highest BCUT2D eigenvalue weighted by Crippen LogP contribution is 2.28. The first-order chi connectivity index (χ1) is 15.5. The zero-order valence-corrected chi connectivity index (χ0v) is 19.6. The summed E-state index contributed by atoms with van der Waals surface area (Å²) in [5, 5.41) is 1.29. The molecule has 8 heteroatoms. The lowest BCUT2D eigenvalue weighted by Crippen LogP contribution is -2.52. The molecule has 2 saturated heterocycles. The van der Waals surface area contributed by atoms with E-state index in [4.69, 9.17) is 27.9 Å². The van der Waals surface area contributed by atoms with Gasteiger partial charge in [0.1, 0.15) is 5.75 Å². The van der Waals surface area contributed by atoms with Gasteiger partial charge in [-0.25, -0.2) is 4.90 Å². The zero-order chi connectivity index (χ0) is 22.7. The molecule has 2 aliphatic heterocycles. The Morgan fingerprint density at radius 3 is 2.38 bits per heavy atom. The smallest absolute Gasteiger partial charge is 0.251 e. The Labute approximate surface area is 198 Å². The predicted octanol–water partition coefficient (Wildman–Crippen LogP) is 4.23. The summed E-state index contributed by atoms with van der Waals surface area (Å²) in [6.45, 7) is 6.49. The van der Waals surface area contributed by atoms with Crippen molar-refractivity contribution in [3.63, 3.8) is 0 Å². The molecule has 0 saturated carbocycles. The van der Waals surface area contributed by atoms with Crippen molar-refractivity contribution in [3.05, 3.63) is 58.1 Å². The van der Waals surface area contributed by atoms with E-state index in [0.29, 0.717) is 22.3 Å². The molecule has 0 bridgehead atoms. The minimum Gasteiger partial charge on any atom is -0.494 e. The fourth-order valence-electron chi connectivity index (χ4n) is 4.21. The van der Waals surface area contributed by atoms with Crippen molar-refractivity contribution in [2.75, 3.05) is 37.7 Å². The summed E-state index contributed by atoms with van der Waals surface area (Å²) < 4.78 is 5.59. The van der Waals surface area contributed by atoms with Crippen LogP contribution in [0.1, 0.15) is 25.3 Å². The van der Waals surface area contributed by atoms with E-state index in [1.54, 1.807) is 30.3 Å². The molecule has 0 spiro atoms. The first-order valence-electron chi connectivity index (χ1n) is 11.0. The van der Waals surface area contributed by atoms with Crippen LogP contribution in [0.4, 0.5) is 5.69 Å². The van der Waals surface area contributed by atoms with Crippen LogP contribution in [0.5, 0.6) is 5.75 Å². The predicted molar refractivity (Wildman–Crippen MR) is 126 cm³/mol. The van der Waals surface area contributed by atoms with Crippen LogP contribution in [0.3, 0.4) is 0 Å². The van der Waals surface area contributed by atoms with E-state index < -0.39 is 6.04 Å². The Kier molecular flexibility index (Phi) is 7.36. The minimum atomic E-state index is -0.403. The summed E-state index contributed by atoms with van der Waals surface area (Å²) in [5.74, 6) is 0.437. The molecular formula is C24H27Cl2N3O3. The molecular weight excluding hydrogens is 449 g/mol. The van der Waals surface area contributed by atoms with Gasteiger partial charge in [-0.15, -0.1) is 0 Å². The van der Waals surface area contributed by atoms with Gasteiger partial charge in [-0.3, -0.25) is 19.4 Å². The Bertz CT molecular complexity index is 975. The van der Waals surface area contributed by atoms with Crippen molar-refractivity contribution in [3.8, 4) is 5.75 Å². The van der Waals surface area contributed by atoms with Crippen LogP contribution >= 0.6 is 23.2 Å². The van der Waals surface area contributed by atoms with Gasteiger partial charge in [0.15, 0.2) is 0 Å². The Morgan fingerprint density at radius 2 is 1.72 bits per heavy atom. The van der Waals surface area contributed by atoms with Crippen LogP contribution in [-0.4, -0.2) is 60.4 Å². The first-order valence-corrected chi connectivity index (χ1v) is 11.7. The largest absolute Gasteiger partial charge is 0.494 e. The number of imide groups is 1. The molecule has 0 unspecified atom stereocenters. The molecule has 2 aliphatic rings. The molecule has 2 amide bonds. The van der Waals surface area contributed by atoms with Crippen molar-refractivity contribution >= 4 is 40.7 Å². The summed E-state index contributed by atoms with van der Waals surface area (Å²) in [7, 11) is 0. The third-order valence-electron chi connectivity index (χ3n) is 5.95. The molecule has 0 radical (unpaired) electrons. The van der Waals surface area contributed by atoms with E-state index in [1.807, 2.05) is 19.1 Å². The summed E-state index contributed by atoms with van der Waals surface area (Å²) in [6, 6.07) is 12.3. The summed E-state index contributed by atoms with van der Waals surface area (Å²) in [5.41, 5.74) is 1.64. The SMILES string of the molecule is CCCOc1ccc(N2C(=O)C[C@@H](N3CCN(Cc4ccc(Cl)cc4Cl)CC3)C2=O)cc1. The number of benzene rings is 2. The summed E-state index contributed by atoms with van der Waals surface area (Å²) in [6.07, 6.45) is 1.14. The van der Waals surface area contributed by atoms with E-state index in [9.17, 15) is 9.59 Å². The fraction of sp³-hybridized carbons (Fsp3) is 0.417. The van der Waals surface area contributed by atoms with Gasteiger partial charge in [0, 0.05) is 42.8 Å². The number of hydrogen-bond acceptors (Lipinski definition) is 5. The number of carbonyl (C=O) groups is 2. The van der Waals surface area contributed by atoms with Crippen molar-refractivity contribution < 1.29 is 14.3 Å². The lowest BCUT2D eigenvalue weighted by atomic mass is 10.1. The van der Waals surface area contributed by atoms with Gasteiger partial charge in [-0.05, 0) is 48.4 Å². The molecule has 0 N–H and O–H groups in total. The van der Waals surface area contributed by atoms with Gasteiger partial charge in [-0.1, -0.05) is 36.2 Å².